The third kappa shape index (κ3) is 3.32. The highest BCUT2D eigenvalue weighted by molar-refractivity contribution is 7.92. The molecule has 0 fully saturated rings. The normalized spacial score (nSPS) is 15.5. The molecule has 28 heavy (non-hydrogen) atoms. The summed E-state index contributed by atoms with van der Waals surface area (Å²) in [6.07, 6.45) is 6.39. The highest BCUT2D eigenvalue weighted by Gasteiger charge is 2.28. The van der Waals surface area contributed by atoms with E-state index in [0.29, 0.717) is 0 Å². The molecule has 7 heteroatoms. The zero-order valence-electron chi connectivity index (χ0n) is 16.2. The molecule has 4 rings (SSSR count). The fourth-order valence-corrected chi connectivity index (χ4v) is 5.82. The van der Waals surface area contributed by atoms with Gasteiger partial charge in [-0.1, -0.05) is 6.07 Å². The predicted molar refractivity (Wildman–Crippen MR) is 104 cm³/mol. The molecular formula is C21H24N2O4S. The predicted octanol–water partition coefficient (Wildman–Crippen LogP) is 2.19. The lowest BCUT2D eigenvalue weighted by molar-refractivity contribution is -0.116. The third-order valence-electron chi connectivity index (χ3n) is 5.86. The number of benzene rings is 1. The number of hydrogen-bond donors (Lipinski definition) is 0. The second-order valence-corrected chi connectivity index (χ2v) is 9.80. The van der Waals surface area contributed by atoms with Crippen molar-refractivity contribution in [1.82, 2.24) is 9.78 Å². The molecule has 0 saturated carbocycles. The van der Waals surface area contributed by atoms with Gasteiger partial charge in [0.05, 0.1) is 0 Å². The van der Waals surface area contributed by atoms with E-state index in [4.69, 9.17) is 0 Å². The van der Waals surface area contributed by atoms with Gasteiger partial charge in [0.1, 0.15) is 11.4 Å². The highest BCUT2D eigenvalue weighted by atomic mass is 32.2. The molecule has 6 nitrogen and oxygen atoms in total. The van der Waals surface area contributed by atoms with Crippen LogP contribution in [0.3, 0.4) is 0 Å². The van der Waals surface area contributed by atoms with Gasteiger partial charge in [-0.2, -0.15) is 5.10 Å². The number of carbonyl (C=O) groups is 2. The van der Waals surface area contributed by atoms with Crippen molar-refractivity contribution in [3.05, 3.63) is 45.6 Å². The Morgan fingerprint density at radius 3 is 2.18 bits per heavy atom. The molecule has 0 atom stereocenters. The molecule has 1 aromatic heterocycles. The van der Waals surface area contributed by atoms with Crippen LogP contribution in [0.15, 0.2) is 17.2 Å². The van der Waals surface area contributed by atoms with Gasteiger partial charge in [0, 0.05) is 26.5 Å². The molecule has 0 N–H and O–H groups in total. The first kappa shape index (κ1) is 19.1. The SMILES string of the molecule is CC(=O)c1cc(S(=O)(=O)CC(=O)Cc2c3c(cc4c2CCC4)CCC3)nn1C. The van der Waals surface area contributed by atoms with Gasteiger partial charge >= 0.3 is 0 Å². The minimum absolute atomic E-state index is 0.164. The lowest BCUT2D eigenvalue weighted by Gasteiger charge is -2.14. The maximum Gasteiger partial charge on any atom is 0.204 e. The lowest BCUT2D eigenvalue weighted by atomic mass is 9.91. The summed E-state index contributed by atoms with van der Waals surface area (Å²) < 4.78 is 26.6. The molecule has 2 aliphatic rings. The summed E-state index contributed by atoms with van der Waals surface area (Å²) in [5.41, 5.74) is 6.49. The number of carbonyl (C=O) groups excluding carboxylic acids is 2. The summed E-state index contributed by atoms with van der Waals surface area (Å²) in [5.74, 6) is -1.16. The van der Waals surface area contributed by atoms with Gasteiger partial charge in [0.15, 0.2) is 16.6 Å². The second-order valence-electron chi connectivity index (χ2n) is 7.86. The van der Waals surface area contributed by atoms with Gasteiger partial charge in [0.25, 0.3) is 0 Å². The molecule has 2 aliphatic carbocycles. The molecule has 0 spiro atoms. The number of fused-ring (bicyclic) bond motifs is 2. The Labute approximate surface area is 164 Å². The van der Waals surface area contributed by atoms with Crippen LogP contribution in [0.1, 0.15) is 58.1 Å². The molecule has 2 aromatic rings. The number of aromatic nitrogens is 2. The standard InChI is InChI=1S/C21H24N2O4S/c1-13(24)20-11-21(22-23(20)2)28(26,27)12-16(25)10-19-17-7-3-5-14(17)9-15-6-4-8-18(15)19/h9,11H,3-8,10,12H2,1-2H3. The van der Waals surface area contributed by atoms with Crippen molar-refractivity contribution in [3.8, 4) is 0 Å². The second kappa shape index (κ2) is 6.95. The van der Waals surface area contributed by atoms with E-state index in [1.165, 1.54) is 47.0 Å². The highest BCUT2D eigenvalue weighted by Crippen LogP contribution is 2.35. The van der Waals surface area contributed by atoms with Crippen LogP contribution in [-0.4, -0.2) is 35.5 Å². The lowest BCUT2D eigenvalue weighted by Crippen LogP contribution is -2.20. The zero-order chi connectivity index (χ0) is 20.1. The van der Waals surface area contributed by atoms with E-state index >= 15 is 0 Å². The largest absolute Gasteiger partial charge is 0.298 e. The molecule has 0 radical (unpaired) electrons. The minimum Gasteiger partial charge on any atom is -0.298 e. The molecule has 0 unspecified atom stereocenters. The van der Waals surface area contributed by atoms with E-state index in [-0.39, 0.29) is 28.7 Å². The Kier molecular flexibility index (Phi) is 4.73. The summed E-state index contributed by atoms with van der Waals surface area (Å²) in [6, 6.07) is 3.55. The maximum absolute atomic E-state index is 12.7. The first-order valence-corrected chi connectivity index (χ1v) is 11.4. The van der Waals surface area contributed by atoms with Crippen LogP contribution in [0.4, 0.5) is 0 Å². The summed E-state index contributed by atoms with van der Waals surface area (Å²) in [4.78, 5) is 24.3. The number of nitrogens with zero attached hydrogens (tertiary/aromatic N) is 2. The van der Waals surface area contributed by atoms with Crippen LogP contribution in [0.2, 0.25) is 0 Å². The monoisotopic (exact) mass is 400 g/mol. The number of hydrogen-bond acceptors (Lipinski definition) is 5. The van der Waals surface area contributed by atoms with Crippen LogP contribution < -0.4 is 0 Å². The fraction of sp³-hybridized carbons (Fsp3) is 0.476. The van der Waals surface area contributed by atoms with Gasteiger partial charge in [-0.05, 0) is 66.3 Å². The van der Waals surface area contributed by atoms with Gasteiger partial charge in [0.2, 0.25) is 9.84 Å². The van der Waals surface area contributed by atoms with Crippen molar-refractivity contribution in [2.45, 2.75) is 56.9 Å². The van der Waals surface area contributed by atoms with E-state index in [0.717, 1.165) is 44.1 Å². The summed E-state index contributed by atoms with van der Waals surface area (Å²) in [7, 11) is -2.35. The van der Waals surface area contributed by atoms with E-state index in [9.17, 15) is 18.0 Å². The van der Waals surface area contributed by atoms with Crippen LogP contribution in [0.25, 0.3) is 0 Å². The zero-order valence-corrected chi connectivity index (χ0v) is 17.1. The number of Topliss-reactive ketones (excluding diaryl/α,β-unsaturated/α-hetero) is 2. The summed E-state index contributed by atoms with van der Waals surface area (Å²) in [6.45, 7) is 1.36. The van der Waals surface area contributed by atoms with Crippen molar-refractivity contribution < 1.29 is 18.0 Å². The Hall–Kier alpha value is -2.28. The minimum atomic E-state index is -3.88. The number of rotatable bonds is 6. The number of aryl methyl sites for hydroxylation is 3. The Morgan fingerprint density at radius 1 is 1.04 bits per heavy atom. The van der Waals surface area contributed by atoms with Crippen molar-refractivity contribution in [1.29, 1.82) is 0 Å². The first-order chi connectivity index (χ1) is 13.3. The molecule has 0 aliphatic heterocycles. The van der Waals surface area contributed by atoms with Crippen molar-refractivity contribution in [2.75, 3.05) is 5.75 Å². The van der Waals surface area contributed by atoms with Gasteiger partial charge < -0.3 is 0 Å². The fourth-order valence-electron chi connectivity index (χ4n) is 4.60. The van der Waals surface area contributed by atoms with E-state index in [1.54, 1.807) is 0 Å². The van der Waals surface area contributed by atoms with E-state index < -0.39 is 15.6 Å². The van der Waals surface area contributed by atoms with Crippen molar-refractivity contribution in [2.24, 2.45) is 7.05 Å². The molecular weight excluding hydrogens is 376 g/mol. The number of ketones is 2. The maximum atomic E-state index is 12.7. The summed E-state index contributed by atoms with van der Waals surface area (Å²) >= 11 is 0. The average molecular weight is 401 g/mol. The van der Waals surface area contributed by atoms with Crippen LogP contribution in [-0.2, 0) is 53.8 Å². The van der Waals surface area contributed by atoms with Gasteiger partial charge in [-0.15, -0.1) is 0 Å². The number of sulfone groups is 1. The Balaban J connectivity index is 1.59. The van der Waals surface area contributed by atoms with E-state index in [2.05, 4.69) is 11.2 Å². The third-order valence-corrected chi connectivity index (χ3v) is 7.40. The Morgan fingerprint density at radius 2 is 1.64 bits per heavy atom. The van der Waals surface area contributed by atoms with Crippen molar-refractivity contribution in [3.63, 3.8) is 0 Å². The molecule has 148 valence electrons. The van der Waals surface area contributed by atoms with Crippen LogP contribution in [0, 0.1) is 0 Å². The van der Waals surface area contributed by atoms with Crippen molar-refractivity contribution >= 4 is 21.4 Å². The van der Waals surface area contributed by atoms with E-state index in [1.807, 2.05) is 0 Å². The molecule has 0 bridgehead atoms. The average Bonchev–Trinajstić information content (AvgIpc) is 3.32. The smallest absolute Gasteiger partial charge is 0.204 e. The molecule has 0 amide bonds. The molecule has 1 aromatic carbocycles. The van der Waals surface area contributed by atoms with Gasteiger partial charge in [-0.3, -0.25) is 14.3 Å². The topological polar surface area (TPSA) is 86.1 Å². The summed E-state index contributed by atoms with van der Waals surface area (Å²) in [5, 5.41) is 3.72. The Bertz CT molecular complexity index is 1060. The molecule has 0 saturated heterocycles. The quantitative estimate of drug-likeness (QED) is 0.694. The first-order valence-electron chi connectivity index (χ1n) is 9.71. The van der Waals surface area contributed by atoms with Crippen LogP contribution in [0.5, 0.6) is 0 Å². The van der Waals surface area contributed by atoms with Gasteiger partial charge in [-0.25, -0.2) is 8.42 Å². The van der Waals surface area contributed by atoms with Crippen LogP contribution >= 0.6 is 0 Å². The molecule has 1 heterocycles.